The molecule has 29 heavy (non-hydrogen) atoms. The number of benzene rings is 2. The predicted molar refractivity (Wildman–Crippen MR) is 111 cm³/mol. The van der Waals surface area contributed by atoms with E-state index in [0.29, 0.717) is 24.1 Å². The van der Waals surface area contributed by atoms with Crippen LogP contribution in [0.2, 0.25) is 0 Å². The van der Waals surface area contributed by atoms with E-state index < -0.39 is 12.1 Å². The van der Waals surface area contributed by atoms with E-state index in [-0.39, 0.29) is 29.7 Å². The normalized spacial score (nSPS) is 12.0. The van der Waals surface area contributed by atoms with Crippen molar-refractivity contribution in [3.05, 3.63) is 64.2 Å². The van der Waals surface area contributed by atoms with Crippen molar-refractivity contribution in [3.8, 4) is 5.75 Å². The minimum Gasteiger partial charge on any atom is -0.507 e. The lowest BCUT2D eigenvalue weighted by Gasteiger charge is -2.18. The van der Waals surface area contributed by atoms with Gasteiger partial charge in [-0.2, -0.15) is 0 Å². The Bertz CT molecular complexity index is 880. The second kappa shape index (κ2) is 10.0. The third kappa shape index (κ3) is 5.79. The van der Waals surface area contributed by atoms with E-state index in [1.54, 1.807) is 19.2 Å². The summed E-state index contributed by atoms with van der Waals surface area (Å²) in [6.45, 7) is 4.86. The van der Waals surface area contributed by atoms with Crippen LogP contribution in [0.15, 0.2) is 36.4 Å². The lowest BCUT2D eigenvalue weighted by atomic mass is 9.94. The number of aromatic carboxylic acids is 1. The van der Waals surface area contributed by atoms with Gasteiger partial charge in [0, 0.05) is 19.2 Å². The molecule has 1 unspecified atom stereocenters. The van der Waals surface area contributed by atoms with E-state index in [9.17, 15) is 19.8 Å². The monoisotopic (exact) mass is 400 g/mol. The summed E-state index contributed by atoms with van der Waals surface area (Å²) < 4.78 is 0. The third-order valence-corrected chi connectivity index (χ3v) is 4.80. The van der Waals surface area contributed by atoms with Gasteiger partial charge in [-0.1, -0.05) is 32.0 Å². The number of carboxylic acid groups (broad SMARTS) is 1. The fourth-order valence-corrected chi connectivity index (χ4v) is 3.05. The summed E-state index contributed by atoms with van der Waals surface area (Å²) in [5.41, 5.74) is 2.69. The quantitative estimate of drug-likeness (QED) is 0.413. The molecule has 1 amide bonds. The first kappa shape index (κ1) is 22.4. The summed E-state index contributed by atoms with van der Waals surface area (Å²) in [4.78, 5) is 23.2. The molecule has 0 bridgehead atoms. The van der Waals surface area contributed by atoms with E-state index in [2.05, 4.69) is 10.6 Å². The molecule has 0 aromatic heterocycles. The molecule has 0 radical (unpaired) electrons. The Labute approximate surface area is 170 Å². The molecule has 5 N–H and O–H groups in total. The molecule has 1 atom stereocenters. The highest BCUT2D eigenvalue weighted by atomic mass is 16.4. The fourth-order valence-electron chi connectivity index (χ4n) is 3.05. The van der Waals surface area contributed by atoms with Gasteiger partial charge in [-0.05, 0) is 53.8 Å². The van der Waals surface area contributed by atoms with Crippen LogP contribution in [0.25, 0.3) is 0 Å². The first-order valence-electron chi connectivity index (χ1n) is 9.54. The lowest BCUT2D eigenvalue weighted by Crippen LogP contribution is -2.27. The van der Waals surface area contributed by atoms with Crippen LogP contribution in [0.4, 0.5) is 0 Å². The number of carboxylic acids is 1. The van der Waals surface area contributed by atoms with Crippen LogP contribution in [0.1, 0.15) is 63.3 Å². The predicted octanol–water partition coefficient (Wildman–Crippen LogP) is 2.44. The van der Waals surface area contributed by atoms with Crippen molar-refractivity contribution in [1.29, 1.82) is 0 Å². The van der Waals surface area contributed by atoms with Gasteiger partial charge in [-0.3, -0.25) is 4.79 Å². The molecule has 156 valence electrons. The highest BCUT2D eigenvalue weighted by Crippen LogP contribution is 2.24. The van der Waals surface area contributed by atoms with E-state index in [1.807, 2.05) is 26.0 Å². The number of hydrogen-bond donors (Lipinski definition) is 5. The van der Waals surface area contributed by atoms with Crippen molar-refractivity contribution in [3.63, 3.8) is 0 Å². The Kier molecular flexibility index (Phi) is 7.75. The fraction of sp³-hybridized carbons (Fsp3) is 0.364. The van der Waals surface area contributed by atoms with E-state index in [1.165, 1.54) is 12.1 Å². The van der Waals surface area contributed by atoms with Gasteiger partial charge >= 0.3 is 5.97 Å². The molecule has 0 aliphatic heterocycles. The van der Waals surface area contributed by atoms with E-state index in [0.717, 1.165) is 11.1 Å². The molecule has 7 heteroatoms. The van der Waals surface area contributed by atoms with E-state index in [4.69, 9.17) is 5.11 Å². The molecular weight excluding hydrogens is 372 g/mol. The standard InChI is InChI=1S/C22H28N2O5/c1-13(2)15-5-7-16(18(11-15)21(27)23-3)20(26)12-24-9-8-14-4-6-17(22(28)29)19(25)10-14/h4-7,10-11,13,20,24-26H,8-9,12H2,1-3H3,(H,23,27)(H,28,29). The van der Waals surface area contributed by atoms with Gasteiger partial charge in [0.1, 0.15) is 11.3 Å². The number of aliphatic hydroxyl groups excluding tert-OH is 1. The Morgan fingerprint density at radius 1 is 1.07 bits per heavy atom. The van der Waals surface area contributed by atoms with Gasteiger partial charge < -0.3 is 26.0 Å². The molecule has 0 aliphatic rings. The van der Waals surface area contributed by atoms with Crippen LogP contribution in [0.5, 0.6) is 5.75 Å². The SMILES string of the molecule is CNC(=O)c1cc(C(C)C)ccc1C(O)CNCCc1ccc(C(=O)O)c(O)c1. The minimum absolute atomic E-state index is 0.135. The number of nitrogens with one attached hydrogen (secondary N) is 2. The molecule has 7 nitrogen and oxygen atoms in total. The van der Waals surface area contributed by atoms with Gasteiger partial charge in [-0.25, -0.2) is 4.79 Å². The largest absolute Gasteiger partial charge is 0.507 e. The number of carbonyl (C=O) groups is 2. The number of carbonyl (C=O) groups excluding carboxylic acids is 1. The van der Waals surface area contributed by atoms with Crippen LogP contribution in [0, 0.1) is 0 Å². The molecular formula is C22H28N2O5. The average molecular weight is 400 g/mol. The summed E-state index contributed by atoms with van der Waals surface area (Å²) >= 11 is 0. The van der Waals surface area contributed by atoms with E-state index >= 15 is 0 Å². The summed E-state index contributed by atoms with van der Waals surface area (Å²) in [5.74, 6) is -1.41. The van der Waals surface area contributed by atoms with Crippen LogP contribution in [-0.4, -0.2) is 47.3 Å². The number of aliphatic hydroxyl groups is 1. The van der Waals surface area contributed by atoms with Gasteiger partial charge in [0.25, 0.3) is 5.91 Å². The van der Waals surface area contributed by atoms with Gasteiger partial charge in [0.05, 0.1) is 6.10 Å². The van der Waals surface area contributed by atoms with Gasteiger partial charge in [-0.15, -0.1) is 0 Å². The van der Waals surface area contributed by atoms with Crippen LogP contribution in [0.3, 0.4) is 0 Å². The van der Waals surface area contributed by atoms with Crippen LogP contribution >= 0.6 is 0 Å². The van der Waals surface area contributed by atoms with Crippen molar-refractivity contribution in [2.45, 2.75) is 32.3 Å². The Morgan fingerprint density at radius 2 is 1.79 bits per heavy atom. The Morgan fingerprint density at radius 3 is 2.38 bits per heavy atom. The Balaban J connectivity index is 1.99. The second-order valence-corrected chi connectivity index (χ2v) is 7.21. The first-order valence-corrected chi connectivity index (χ1v) is 9.54. The summed E-state index contributed by atoms with van der Waals surface area (Å²) in [5, 5.41) is 35.0. The van der Waals surface area contributed by atoms with Gasteiger partial charge in [0.2, 0.25) is 0 Å². The zero-order chi connectivity index (χ0) is 21.6. The number of amides is 1. The number of phenols is 1. The molecule has 2 aromatic carbocycles. The maximum atomic E-state index is 12.2. The molecule has 0 saturated heterocycles. The van der Waals surface area contributed by atoms with Crippen molar-refractivity contribution < 1.29 is 24.9 Å². The molecule has 0 fully saturated rings. The first-order chi connectivity index (χ1) is 13.7. The Hall–Kier alpha value is -2.90. The molecule has 2 rings (SSSR count). The molecule has 0 aliphatic carbocycles. The molecule has 2 aromatic rings. The van der Waals surface area contributed by atoms with Crippen molar-refractivity contribution in [2.24, 2.45) is 0 Å². The lowest BCUT2D eigenvalue weighted by molar-refractivity contribution is 0.0693. The van der Waals surface area contributed by atoms with Gasteiger partial charge in [0.15, 0.2) is 0 Å². The zero-order valence-corrected chi connectivity index (χ0v) is 16.9. The highest BCUT2D eigenvalue weighted by molar-refractivity contribution is 5.96. The maximum Gasteiger partial charge on any atom is 0.339 e. The molecule has 0 heterocycles. The number of hydrogen-bond acceptors (Lipinski definition) is 5. The summed E-state index contributed by atoms with van der Waals surface area (Å²) in [7, 11) is 1.56. The van der Waals surface area contributed by atoms with Crippen molar-refractivity contribution in [1.82, 2.24) is 10.6 Å². The van der Waals surface area contributed by atoms with Crippen LogP contribution in [-0.2, 0) is 6.42 Å². The molecule has 0 spiro atoms. The molecule has 0 saturated carbocycles. The number of rotatable bonds is 9. The van der Waals surface area contributed by atoms with Crippen LogP contribution < -0.4 is 10.6 Å². The average Bonchev–Trinajstić information content (AvgIpc) is 2.69. The highest BCUT2D eigenvalue weighted by Gasteiger charge is 2.18. The third-order valence-electron chi connectivity index (χ3n) is 4.80. The summed E-state index contributed by atoms with van der Waals surface area (Å²) in [6.07, 6.45) is -0.305. The van der Waals surface area contributed by atoms with Crippen molar-refractivity contribution in [2.75, 3.05) is 20.1 Å². The zero-order valence-electron chi connectivity index (χ0n) is 16.9. The summed E-state index contributed by atoms with van der Waals surface area (Å²) in [6, 6.07) is 9.96. The maximum absolute atomic E-state index is 12.2. The second-order valence-electron chi connectivity index (χ2n) is 7.21. The van der Waals surface area contributed by atoms with Crippen molar-refractivity contribution >= 4 is 11.9 Å². The minimum atomic E-state index is -1.18. The topological polar surface area (TPSA) is 119 Å². The number of aromatic hydroxyl groups is 1. The smallest absolute Gasteiger partial charge is 0.339 e.